The van der Waals surface area contributed by atoms with E-state index in [1.54, 1.807) is 11.8 Å². The zero-order valence-electron chi connectivity index (χ0n) is 12.4. The van der Waals surface area contributed by atoms with E-state index in [4.69, 9.17) is 5.73 Å². The first-order chi connectivity index (χ1) is 8.74. The zero-order chi connectivity index (χ0) is 14.6. The van der Waals surface area contributed by atoms with E-state index in [0.29, 0.717) is 6.42 Å². The number of rotatable bonds is 7. The van der Waals surface area contributed by atoms with Gasteiger partial charge in [0.05, 0.1) is 16.3 Å². The topological polar surface area (TPSA) is 72.9 Å². The molecule has 1 atom stereocenters. The maximum Gasteiger partial charge on any atom is 0.237 e. The highest BCUT2D eigenvalue weighted by molar-refractivity contribution is 7.99. The number of carbonyl (C=O) groups is 1. The molecule has 3 N–H and O–H groups in total. The van der Waals surface area contributed by atoms with Crippen LogP contribution in [0.5, 0.6) is 0 Å². The van der Waals surface area contributed by atoms with Gasteiger partial charge in [0.15, 0.2) is 0 Å². The summed E-state index contributed by atoms with van der Waals surface area (Å²) in [5.74, 6) is 0.515. The molecule has 1 aromatic rings. The molecule has 0 saturated heterocycles. The van der Waals surface area contributed by atoms with Crippen LogP contribution in [0.4, 0.5) is 0 Å². The van der Waals surface area contributed by atoms with Crippen LogP contribution in [0.3, 0.4) is 0 Å². The van der Waals surface area contributed by atoms with Gasteiger partial charge in [-0.25, -0.2) is 0 Å². The maximum absolute atomic E-state index is 11.6. The van der Waals surface area contributed by atoms with Crippen molar-refractivity contribution >= 4 is 17.7 Å². The van der Waals surface area contributed by atoms with Crippen molar-refractivity contribution in [3.63, 3.8) is 0 Å². The second kappa shape index (κ2) is 6.43. The fraction of sp³-hybridized carbons (Fsp3) is 0.692. The number of thioether (sulfide) groups is 1. The highest BCUT2D eigenvalue weighted by Gasteiger charge is 2.30. The normalized spacial score (nSPS) is 14.6. The van der Waals surface area contributed by atoms with Crippen molar-refractivity contribution in [1.29, 1.82) is 0 Å². The molecule has 19 heavy (non-hydrogen) atoms. The first kappa shape index (κ1) is 16.0. The third-order valence-corrected chi connectivity index (χ3v) is 4.05. The number of nitrogens with one attached hydrogen (secondary N) is 1. The van der Waals surface area contributed by atoms with Crippen LogP contribution in [-0.4, -0.2) is 33.0 Å². The van der Waals surface area contributed by atoms with E-state index in [-0.39, 0.29) is 11.9 Å². The van der Waals surface area contributed by atoms with Crippen molar-refractivity contribution < 1.29 is 4.79 Å². The van der Waals surface area contributed by atoms with Crippen LogP contribution in [0.25, 0.3) is 0 Å². The summed E-state index contributed by atoms with van der Waals surface area (Å²) in [6.07, 6.45) is 0.690. The number of nitrogens with two attached hydrogens (primary N) is 1. The molecule has 0 aliphatic rings. The monoisotopic (exact) mass is 284 g/mol. The number of hydrogen-bond donors (Lipinski definition) is 2. The second-order valence-corrected chi connectivity index (χ2v) is 6.46. The lowest BCUT2D eigenvalue weighted by atomic mass is 9.97. The quantitative estimate of drug-likeness (QED) is 0.743. The summed E-state index contributed by atoms with van der Waals surface area (Å²) in [5.41, 5.74) is 5.85. The highest BCUT2D eigenvalue weighted by Crippen LogP contribution is 2.22. The molecule has 0 bridgehead atoms. The number of aryl methyl sites for hydroxylation is 2. The van der Waals surface area contributed by atoms with E-state index >= 15 is 0 Å². The van der Waals surface area contributed by atoms with Crippen LogP contribution >= 0.6 is 11.8 Å². The molecule has 1 heterocycles. The van der Waals surface area contributed by atoms with Crippen LogP contribution in [0.2, 0.25) is 0 Å². The smallest absolute Gasteiger partial charge is 0.237 e. The van der Waals surface area contributed by atoms with Gasteiger partial charge in [0.2, 0.25) is 5.91 Å². The van der Waals surface area contributed by atoms with Crippen molar-refractivity contribution in [3.05, 3.63) is 11.8 Å². The summed E-state index contributed by atoms with van der Waals surface area (Å²) in [6.45, 7) is 7.86. The molecule has 1 rings (SSSR count). The summed E-state index contributed by atoms with van der Waals surface area (Å²) in [4.78, 5) is 11.6. The van der Waals surface area contributed by atoms with Gasteiger partial charge < -0.3 is 11.1 Å². The van der Waals surface area contributed by atoms with Crippen molar-refractivity contribution in [2.75, 3.05) is 5.75 Å². The van der Waals surface area contributed by atoms with Gasteiger partial charge in [-0.2, -0.15) is 5.10 Å². The van der Waals surface area contributed by atoms with E-state index in [1.165, 1.54) is 0 Å². The molecule has 0 aliphatic heterocycles. The predicted octanol–water partition coefficient (Wildman–Crippen LogP) is 1.45. The Morgan fingerprint density at radius 1 is 1.63 bits per heavy atom. The van der Waals surface area contributed by atoms with Gasteiger partial charge in [-0.3, -0.25) is 9.48 Å². The van der Waals surface area contributed by atoms with Crippen molar-refractivity contribution in [3.8, 4) is 0 Å². The van der Waals surface area contributed by atoms with Gasteiger partial charge in [0, 0.05) is 18.8 Å². The van der Waals surface area contributed by atoms with E-state index in [9.17, 15) is 4.79 Å². The van der Waals surface area contributed by atoms with E-state index in [1.807, 2.05) is 45.5 Å². The van der Waals surface area contributed by atoms with Crippen molar-refractivity contribution in [1.82, 2.24) is 15.1 Å². The SMILES string of the molecule is Cc1cc(SCCC(C)(NC(C)C)C(N)=O)n(C)n1. The standard InChI is InChI=1S/C13H24N4OS/c1-9(2)15-13(4,12(14)18)6-7-19-11-8-10(3)16-17(11)5/h8-9,15H,6-7H2,1-5H3,(H2,14,18). The van der Waals surface area contributed by atoms with Crippen molar-refractivity contribution in [2.24, 2.45) is 12.8 Å². The summed E-state index contributed by atoms with van der Waals surface area (Å²) in [7, 11) is 1.93. The Kier molecular flexibility index (Phi) is 5.43. The lowest BCUT2D eigenvalue weighted by molar-refractivity contribution is -0.124. The molecule has 0 spiro atoms. The molecule has 6 heteroatoms. The molecule has 5 nitrogen and oxygen atoms in total. The van der Waals surface area contributed by atoms with Gasteiger partial charge in [-0.1, -0.05) is 0 Å². The van der Waals surface area contributed by atoms with Crippen LogP contribution < -0.4 is 11.1 Å². The minimum absolute atomic E-state index is 0.224. The highest BCUT2D eigenvalue weighted by atomic mass is 32.2. The molecule has 108 valence electrons. The average Bonchev–Trinajstić information content (AvgIpc) is 2.56. The lowest BCUT2D eigenvalue weighted by Gasteiger charge is -2.29. The largest absolute Gasteiger partial charge is 0.368 e. The number of amides is 1. The zero-order valence-corrected chi connectivity index (χ0v) is 13.2. The molecule has 1 unspecified atom stereocenters. The molecule has 1 aromatic heterocycles. The van der Waals surface area contributed by atoms with Crippen molar-refractivity contribution in [2.45, 2.75) is 50.7 Å². The number of nitrogens with zero attached hydrogens (tertiary/aromatic N) is 2. The minimum Gasteiger partial charge on any atom is -0.368 e. The third kappa shape index (κ3) is 4.54. The van der Waals surface area contributed by atoms with E-state index in [0.717, 1.165) is 16.5 Å². The summed E-state index contributed by atoms with van der Waals surface area (Å²) in [6, 6.07) is 2.27. The number of primary amides is 1. The Labute approximate surface area is 119 Å². The van der Waals surface area contributed by atoms with Crippen LogP contribution in [0.15, 0.2) is 11.1 Å². The lowest BCUT2D eigenvalue weighted by Crippen LogP contribution is -2.55. The Balaban J connectivity index is 2.58. The summed E-state index contributed by atoms with van der Waals surface area (Å²) < 4.78 is 1.86. The Morgan fingerprint density at radius 2 is 2.26 bits per heavy atom. The average molecular weight is 284 g/mol. The van der Waals surface area contributed by atoms with E-state index in [2.05, 4.69) is 10.4 Å². The summed E-state index contributed by atoms with van der Waals surface area (Å²) >= 11 is 1.69. The van der Waals surface area contributed by atoms with Gasteiger partial charge in [0.1, 0.15) is 0 Å². The minimum atomic E-state index is -0.658. The second-order valence-electron chi connectivity index (χ2n) is 5.34. The molecular formula is C13H24N4OS. The molecule has 0 saturated carbocycles. The van der Waals surface area contributed by atoms with Crippen LogP contribution in [0.1, 0.15) is 32.9 Å². The van der Waals surface area contributed by atoms with Gasteiger partial charge in [-0.05, 0) is 40.2 Å². The Morgan fingerprint density at radius 3 is 2.68 bits per heavy atom. The Bertz CT molecular complexity index is 444. The number of carbonyl (C=O) groups excluding carboxylic acids is 1. The molecule has 0 aromatic carbocycles. The maximum atomic E-state index is 11.6. The van der Waals surface area contributed by atoms with Gasteiger partial charge in [-0.15, -0.1) is 11.8 Å². The molecule has 0 radical (unpaired) electrons. The fourth-order valence-corrected chi connectivity index (χ4v) is 3.19. The predicted molar refractivity (Wildman–Crippen MR) is 79.2 cm³/mol. The van der Waals surface area contributed by atoms with Crippen LogP contribution in [-0.2, 0) is 11.8 Å². The first-order valence-electron chi connectivity index (χ1n) is 6.45. The summed E-state index contributed by atoms with van der Waals surface area (Å²) in [5, 5.41) is 8.66. The fourth-order valence-electron chi connectivity index (χ4n) is 1.99. The van der Waals surface area contributed by atoms with E-state index < -0.39 is 5.54 Å². The molecule has 0 aliphatic carbocycles. The molecule has 1 amide bonds. The Hall–Kier alpha value is -1.01. The molecule has 0 fully saturated rings. The van der Waals surface area contributed by atoms with Crippen LogP contribution in [0, 0.1) is 6.92 Å². The number of hydrogen-bond acceptors (Lipinski definition) is 4. The third-order valence-electron chi connectivity index (χ3n) is 2.96. The number of aromatic nitrogens is 2. The van der Waals surface area contributed by atoms with Gasteiger partial charge >= 0.3 is 0 Å². The van der Waals surface area contributed by atoms with Gasteiger partial charge in [0.25, 0.3) is 0 Å². The first-order valence-corrected chi connectivity index (χ1v) is 7.44. The molecular weight excluding hydrogens is 260 g/mol.